The molecule has 0 atom stereocenters. The molecule has 0 N–H and O–H groups in total. The Balaban J connectivity index is 3.34. The van der Waals surface area contributed by atoms with E-state index in [1.54, 1.807) is 0 Å². The lowest BCUT2D eigenvalue weighted by molar-refractivity contribution is 0.723. The van der Waals surface area contributed by atoms with Crippen molar-refractivity contribution in [1.29, 1.82) is 0 Å². The van der Waals surface area contributed by atoms with Crippen molar-refractivity contribution in [2.75, 3.05) is 12.3 Å². The molecule has 0 aromatic carbocycles. The van der Waals surface area contributed by atoms with Gasteiger partial charge < -0.3 is 0 Å². The van der Waals surface area contributed by atoms with Crippen LogP contribution in [0.2, 0.25) is 0 Å². The molecule has 0 aliphatic rings. The second-order valence-electron chi connectivity index (χ2n) is 3.62. The summed E-state index contributed by atoms with van der Waals surface area (Å²) in [7, 11) is -0.187. The van der Waals surface area contributed by atoms with E-state index >= 15 is 0 Å². The molecule has 0 saturated carbocycles. The van der Waals surface area contributed by atoms with E-state index in [9.17, 15) is 0 Å². The van der Waals surface area contributed by atoms with Crippen LogP contribution in [0.3, 0.4) is 0 Å². The summed E-state index contributed by atoms with van der Waals surface area (Å²) in [6.07, 6.45) is 2.43. The summed E-state index contributed by atoms with van der Waals surface area (Å²) in [5, 5.41) is 0. The summed E-state index contributed by atoms with van der Waals surface area (Å²) in [6, 6.07) is 0. The predicted molar refractivity (Wildman–Crippen MR) is 52.2 cm³/mol. The van der Waals surface area contributed by atoms with Gasteiger partial charge in [0, 0.05) is 0 Å². The molecule has 0 saturated heterocycles. The van der Waals surface area contributed by atoms with Crippen LogP contribution in [-0.2, 0) is 0 Å². The van der Waals surface area contributed by atoms with E-state index in [4.69, 9.17) is 11.2 Å². The molecule has 0 rings (SSSR count). The van der Waals surface area contributed by atoms with Gasteiger partial charge in [0.1, 0.15) is 0 Å². The number of halogens is 1. The van der Waals surface area contributed by atoms with Crippen LogP contribution in [0.4, 0.5) is 0 Å². The number of hydrogen-bond donors (Lipinski definition) is 0. The van der Waals surface area contributed by atoms with Crippen molar-refractivity contribution in [3.05, 3.63) is 0 Å². The molecule has 0 fully saturated rings. The Kier molecular flexibility index (Phi) is 5.77. The standard InChI is InChI=1S/C8H18ClP/c1-7(2)5-10(9)6-8(3)4/h7-8H,5-6H2,1-4H3. The second-order valence-corrected chi connectivity index (χ2v) is 6.71. The molecular formula is C8H18ClP. The average molecular weight is 181 g/mol. The summed E-state index contributed by atoms with van der Waals surface area (Å²) in [5.74, 6) is 1.53. The average Bonchev–Trinajstić information content (AvgIpc) is 1.58. The van der Waals surface area contributed by atoms with Crippen LogP contribution in [0.1, 0.15) is 27.7 Å². The third-order valence-corrected chi connectivity index (χ3v) is 4.21. The zero-order chi connectivity index (χ0) is 8.15. The Morgan fingerprint density at radius 2 is 1.30 bits per heavy atom. The molecule has 0 bridgehead atoms. The van der Waals surface area contributed by atoms with Gasteiger partial charge in [-0.3, -0.25) is 0 Å². The molecule has 0 aliphatic heterocycles. The minimum Gasteiger partial charge on any atom is -0.0964 e. The first-order chi connectivity index (χ1) is 4.52. The number of hydrogen-bond acceptors (Lipinski definition) is 0. The minimum absolute atomic E-state index is 0.187. The zero-order valence-electron chi connectivity index (χ0n) is 7.39. The van der Waals surface area contributed by atoms with Gasteiger partial charge in [-0.2, -0.15) is 0 Å². The van der Waals surface area contributed by atoms with E-state index in [1.807, 2.05) is 0 Å². The van der Waals surface area contributed by atoms with E-state index in [0.29, 0.717) is 0 Å². The largest absolute Gasteiger partial charge is 0.0964 e. The van der Waals surface area contributed by atoms with Gasteiger partial charge in [0.25, 0.3) is 0 Å². The topological polar surface area (TPSA) is 0 Å². The second kappa shape index (κ2) is 5.38. The van der Waals surface area contributed by atoms with Crippen LogP contribution < -0.4 is 0 Å². The number of rotatable bonds is 4. The summed E-state index contributed by atoms with van der Waals surface area (Å²) in [6.45, 7) is 8.94. The molecule has 0 spiro atoms. The first kappa shape index (κ1) is 10.7. The van der Waals surface area contributed by atoms with Gasteiger partial charge in [0.2, 0.25) is 0 Å². The van der Waals surface area contributed by atoms with Crippen LogP contribution in [-0.4, -0.2) is 12.3 Å². The van der Waals surface area contributed by atoms with Crippen molar-refractivity contribution in [1.82, 2.24) is 0 Å². The molecular weight excluding hydrogens is 163 g/mol. The molecule has 0 amide bonds. The molecule has 62 valence electrons. The summed E-state index contributed by atoms with van der Waals surface area (Å²) >= 11 is 6.14. The fourth-order valence-electron chi connectivity index (χ4n) is 0.867. The third-order valence-electron chi connectivity index (χ3n) is 1.13. The monoisotopic (exact) mass is 180 g/mol. The van der Waals surface area contributed by atoms with E-state index in [1.165, 1.54) is 12.3 Å². The van der Waals surface area contributed by atoms with Crippen molar-refractivity contribution in [3.63, 3.8) is 0 Å². The van der Waals surface area contributed by atoms with Crippen molar-refractivity contribution in [2.24, 2.45) is 11.8 Å². The van der Waals surface area contributed by atoms with Gasteiger partial charge in [-0.15, -0.1) is 0 Å². The van der Waals surface area contributed by atoms with Crippen LogP contribution in [0, 0.1) is 11.8 Å². The molecule has 0 aromatic rings. The maximum absolute atomic E-state index is 6.14. The van der Waals surface area contributed by atoms with Gasteiger partial charge in [0.15, 0.2) is 0 Å². The first-order valence-corrected chi connectivity index (χ1v) is 6.54. The summed E-state index contributed by atoms with van der Waals surface area (Å²) in [5.41, 5.74) is 0. The van der Waals surface area contributed by atoms with Crippen molar-refractivity contribution < 1.29 is 0 Å². The molecule has 2 heteroatoms. The van der Waals surface area contributed by atoms with E-state index < -0.39 is 0 Å². The first-order valence-electron chi connectivity index (χ1n) is 3.93. The lowest BCUT2D eigenvalue weighted by Crippen LogP contribution is -1.98. The molecule has 0 aliphatic carbocycles. The van der Waals surface area contributed by atoms with Crippen LogP contribution in [0.15, 0.2) is 0 Å². The zero-order valence-corrected chi connectivity index (χ0v) is 9.04. The summed E-state index contributed by atoms with van der Waals surface area (Å²) < 4.78 is 0. The van der Waals surface area contributed by atoms with Crippen LogP contribution in [0.5, 0.6) is 0 Å². The molecule has 0 nitrogen and oxygen atoms in total. The smallest absolute Gasteiger partial charge is 0.00922 e. The molecule has 0 heterocycles. The maximum atomic E-state index is 6.14. The molecule has 0 aromatic heterocycles. The van der Waals surface area contributed by atoms with Gasteiger partial charge in [-0.1, -0.05) is 38.9 Å². The van der Waals surface area contributed by atoms with Crippen LogP contribution >= 0.6 is 18.5 Å². The fraction of sp³-hybridized carbons (Fsp3) is 1.00. The highest BCUT2D eigenvalue weighted by atomic mass is 35.7. The SMILES string of the molecule is CC(C)CP(Cl)CC(C)C. The van der Waals surface area contributed by atoms with Gasteiger partial charge in [-0.05, 0) is 31.4 Å². The van der Waals surface area contributed by atoms with E-state index in [-0.39, 0.29) is 7.27 Å². The molecule has 0 unspecified atom stereocenters. The quantitative estimate of drug-likeness (QED) is 0.575. The highest BCUT2D eigenvalue weighted by molar-refractivity contribution is 7.84. The van der Waals surface area contributed by atoms with Crippen LogP contribution in [0.25, 0.3) is 0 Å². The Labute approximate surface area is 70.9 Å². The molecule has 10 heavy (non-hydrogen) atoms. The lowest BCUT2D eigenvalue weighted by Gasteiger charge is -2.13. The predicted octanol–water partition coefficient (Wildman–Crippen LogP) is 3.93. The Morgan fingerprint density at radius 1 is 1.00 bits per heavy atom. The summed E-state index contributed by atoms with van der Waals surface area (Å²) in [4.78, 5) is 0. The Bertz CT molecular complexity index is 71.3. The molecule has 0 radical (unpaired) electrons. The van der Waals surface area contributed by atoms with Gasteiger partial charge in [-0.25, -0.2) is 0 Å². The van der Waals surface area contributed by atoms with E-state index in [2.05, 4.69) is 27.7 Å². The van der Waals surface area contributed by atoms with E-state index in [0.717, 1.165) is 11.8 Å². The lowest BCUT2D eigenvalue weighted by atomic mass is 10.3. The van der Waals surface area contributed by atoms with Crippen molar-refractivity contribution in [3.8, 4) is 0 Å². The highest BCUT2D eigenvalue weighted by Gasteiger charge is 2.08. The highest BCUT2D eigenvalue weighted by Crippen LogP contribution is 2.44. The normalized spacial score (nSPS) is 12.0. The third kappa shape index (κ3) is 6.83. The van der Waals surface area contributed by atoms with Crippen molar-refractivity contribution >= 4 is 18.5 Å². The maximum Gasteiger partial charge on any atom is -0.00922 e. The van der Waals surface area contributed by atoms with Crippen molar-refractivity contribution in [2.45, 2.75) is 27.7 Å². The Hall–Kier alpha value is 0.720. The van der Waals surface area contributed by atoms with Gasteiger partial charge in [0.05, 0.1) is 0 Å². The van der Waals surface area contributed by atoms with Gasteiger partial charge >= 0.3 is 0 Å². The minimum atomic E-state index is -0.187. The fourth-order valence-corrected chi connectivity index (χ4v) is 4.26. The Morgan fingerprint density at radius 3 is 1.50 bits per heavy atom.